The van der Waals surface area contributed by atoms with Crippen LogP contribution < -0.4 is 5.32 Å². The van der Waals surface area contributed by atoms with Gasteiger partial charge in [-0.2, -0.15) is 0 Å². The average molecular weight is 276 g/mol. The van der Waals surface area contributed by atoms with E-state index in [-0.39, 0.29) is 12.1 Å². The summed E-state index contributed by atoms with van der Waals surface area (Å²) in [7, 11) is 0. The molecule has 3 heteroatoms. The van der Waals surface area contributed by atoms with Gasteiger partial charge in [0.1, 0.15) is 5.75 Å². The van der Waals surface area contributed by atoms with E-state index in [0.717, 1.165) is 16.1 Å². The van der Waals surface area contributed by atoms with Gasteiger partial charge in [-0.3, -0.25) is 0 Å². The molecule has 0 heterocycles. The van der Waals surface area contributed by atoms with Crippen LogP contribution in [0.15, 0.2) is 48.5 Å². The zero-order valence-electron chi connectivity index (χ0n) is 11.1. The highest BCUT2D eigenvalue weighted by Crippen LogP contribution is 2.28. The highest BCUT2D eigenvalue weighted by Gasteiger charge is 2.15. The minimum atomic E-state index is 0.0486. The maximum atomic E-state index is 9.85. The molecule has 0 spiro atoms. The van der Waals surface area contributed by atoms with Crippen molar-refractivity contribution in [2.24, 2.45) is 0 Å². The lowest BCUT2D eigenvalue weighted by molar-refractivity contribution is 0.438. The first-order valence-electron chi connectivity index (χ1n) is 6.38. The standard InChI is InChI=1S/C16H18ClNO/c1-11(13-7-3-5-9-15(13)17)18-12(2)14-8-4-6-10-16(14)19/h3-12,18-19H,1-2H3/t11-,12?/m1/s1. The minimum Gasteiger partial charge on any atom is -0.508 e. The van der Waals surface area contributed by atoms with E-state index in [9.17, 15) is 5.11 Å². The molecule has 0 aromatic heterocycles. The van der Waals surface area contributed by atoms with Crippen molar-refractivity contribution in [1.29, 1.82) is 0 Å². The smallest absolute Gasteiger partial charge is 0.120 e. The first kappa shape index (κ1) is 13.9. The molecule has 2 rings (SSSR count). The lowest BCUT2D eigenvalue weighted by Crippen LogP contribution is -2.22. The number of aromatic hydroxyl groups is 1. The molecule has 0 fully saturated rings. The Balaban J connectivity index is 2.13. The van der Waals surface area contributed by atoms with Crippen LogP contribution in [0.3, 0.4) is 0 Å². The zero-order chi connectivity index (χ0) is 13.8. The molecule has 0 aliphatic heterocycles. The summed E-state index contributed by atoms with van der Waals surface area (Å²) in [5.41, 5.74) is 1.95. The highest BCUT2D eigenvalue weighted by molar-refractivity contribution is 6.31. The maximum Gasteiger partial charge on any atom is 0.120 e. The Morgan fingerprint density at radius 1 is 0.895 bits per heavy atom. The quantitative estimate of drug-likeness (QED) is 0.864. The molecule has 2 nitrogen and oxygen atoms in total. The average Bonchev–Trinajstić information content (AvgIpc) is 2.39. The molecule has 0 amide bonds. The van der Waals surface area contributed by atoms with Gasteiger partial charge in [0.15, 0.2) is 0 Å². The van der Waals surface area contributed by atoms with Gasteiger partial charge in [0, 0.05) is 22.7 Å². The van der Waals surface area contributed by atoms with Gasteiger partial charge >= 0.3 is 0 Å². The Morgan fingerprint density at radius 3 is 2.05 bits per heavy atom. The summed E-state index contributed by atoms with van der Waals surface area (Å²) >= 11 is 6.19. The third-order valence-corrected chi connectivity index (χ3v) is 3.62. The van der Waals surface area contributed by atoms with Gasteiger partial charge in [-0.1, -0.05) is 48.0 Å². The van der Waals surface area contributed by atoms with Crippen LogP contribution in [0.4, 0.5) is 0 Å². The van der Waals surface area contributed by atoms with Gasteiger partial charge in [-0.15, -0.1) is 0 Å². The number of phenols is 1. The monoisotopic (exact) mass is 275 g/mol. The van der Waals surface area contributed by atoms with Crippen LogP contribution in [0.1, 0.15) is 37.1 Å². The van der Waals surface area contributed by atoms with E-state index in [0.29, 0.717) is 5.75 Å². The first-order chi connectivity index (χ1) is 9.09. The normalized spacial score (nSPS) is 14.1. The molecule has 1 unspecified atom stereocenters. The van der Waals surface area contributed by atoms with Crippen LogP contribution in [0.2, 0.25) is 5.02 Å². The number of para-hydroxylation sites is 1. The number of benzene rings is 2. The van der Waals surface area contributed by atoms with Crippen molar-refractivity contribution >= 4 is 11.6 Å². The third kappa shape index (κ3) is 3.28. The van der Waals surface area contributed by atoms with E-state index < -0.39 is 0 Å². The molecule has 0 saturated heterocycles. The van der Waals surface area contributed by atoms with Crippen LogP contribution in [0.5, 0.6) is 5.75 Å². The van der Waals surface area contributed by atoms with Crippen molar-refractivity contribution < 1.29 is 5.11 Å². The summed E-state index contributed by atoms with van der Waals surface area (Å²) in [6, 6.07) is 15.3. The Kier molecular flexibility index (Phi) is 4.46. The van der Waals surface area contributed by atoms with Crippen molar-refractivity contribution in [3.63, 3.8) is 0 Å². The Morgan fingerprint density at radius 2 is 1.42 bits per heavy atom. The van der Waals surface area contributed by atoms with E-state index in [2.05, 4.69) is 12.2 Å². The lowest BCUT2D eigenvalue weighted by atomic mass is 10.0. The summed E-state index contributed by atoms with van der Waals surface area (Å²) in [5, 5.41) is 14.1. The molecule has 2 N–H and O–H groups in total. The predicted molar refractivity (Wildman–Crippen MR) is 79.5 cm³/mol. The molecule has 2 atom stereocenters. The lowest BCUT2D eigenvalue weighted by Gasteiger charge is -2.22. The van der Waals surface area contributed by atoms with Gasteiger partial charge in [-0.05, 0) is 31.5 Å². The fraction of sp³-hybridized carbons (Fsp3) is 0.250. The van der Waals surface area contributed by atoms with Crippen molar-refractivity contribution in [3.8, 4) is 5.75 Å². The van der Waals surface area contributed by atoms with E-state index in [1.54, 1.807) is 6.07 Å². The Bertz CT molecular complexity index is 506. The van der Waals surface area contributed by atoms with Gasteiger partial charge in [0.2, 0.25) is 0 Å². The number of hydrogen-bond acceptors (Lipinski definition) is 2. The van der Waals surface area contributed by atoms with Crippen molar-refractivity contribution in [1.82, 2.24) is 5.32 Å². The maximum absolute atomic E-state index is 9.85. The molecule has 0 saturated carbocycles. The number of hydrogen-bond donors (Lipinski definition) is 2. The van der Waals surface area contributed by atoms with Crippen molar-refractivity contribution in [2.75, 3.05) is 0 Å². The summed E-state index contributed by atoms with van der Waals surface area (Å²) in [6.45, 7) is 4.10. The van der Waals surface area contributed by atoms with Crippen molar-refractivity contribution in [3.05, 3.63) is 64.7 Å². The largest absolute Gasteiger partial charge is 0.508 e. The van der Waals surface area contributed by atoms with Gasteiger partial charge in [-0.25, -0.2) is 0 Å². The molecule has 19 heavy (non-hydrogen) atoms. The number of halogens is 1. The fourth-order valence-corrected chi connectivity index (χ4v) is 2.53. The van der Waals surface area contributed by atoms with E-state index in [4.69, 9.17) is 11.6 Å². The summed E-state index contributed by atoms with van der Waals surface area (Å²) in [5.74, 6) is 0.314. The van der Waals surface area contributed by atoms with Crippen LogP contribution in [-0.2, 0) is 0 Å². The molecule has 0 bridgehead atoms. The number of nitrogens with one attached hydrogen (secondary N) is 1. The molecule has 0 aliphatic carbocycles. The number of rotatable bonds is 4. The third-order valence-electron chi connectivity index (χ3n) is 3.27. The summed E-state index contributed by atoms with van der Waals surface area (Å²) in [4.78, 5) is 0. The second kappa shape index (κ2) is 6.09. The summed E-state index contributed by atoms with van der Waals surface area (Å²) < 4.78 is 0. The molecular weight excluding hydrogens is 258 g/mol. The van der Waals surface area contributed by atoms with E-state index >= 15 is 0 Å². The molecule has 0 aliphatic rings. The molecule has 2 aromatic rings. The SMILES string of the molecule is CC(N[C@H](C)c1ccccc1Cl)c1ccccc1O. The molecule has 0 radical (unpaired) electrons. The van der Waals surface area contributed by atoms with Crippen LogP contribution >= 0.6 is 11.6 Å². The Hall–Kier alpha value is -1.51. The first-order valence-corrected chi connectivity index (χ1v) is 6.75. The molecule has 100 valence electrons. The highest BCUT2D eigenvalue weighted by atomic mass is 35.5. The molecular formula is C16H18ClNO. The van der Waals surface area contributed by atoms with Crippen LogP contribution in [0, 0.1) is 0 Å². The molecule has 2 aromatic carbocycles. The van der Waals surface area contributed by atoms with Crippen molar-refractivity contribution in [2.45, 2.75) is 25.9 Å². The minimum absolute atomic E-state index is 0.0486. The predicted octanol–water partition coefficient (Wildman–Crippen LogP) is 4.46. The van der Waals surface area contributed by atoms with E-state index in [1.807, 2.05) is 49.4 Å². The topological polar surface area (TPSA) is 32.3 Å². The Labute approximate surface area is 119 Å². The van der Waals surface area contributed by atoms with Crippen LogP contribution in [0.25, 0.3) is 0 Å². The van der Waals surface area contributed by atoms with Gasteiger partial charge in [0.05, 0.1) is 0 Å². The second-order valence-electron chi connectivity index (χ2n) is 4.69. The van der Waals surface area contributed by atoms with Gasteiger partial charge < -0.3 is 10.4 Å². The second-order valence-corrected chi connectivity index (χ2v) is 5.10. The van der Waals surface area contributed by atoms with Crippen LogP contribution in [-0.4, -0.2) is 5.11 Å². The number of phenolic OH excluding ortho intramolecular Hbond substituents is 1. The zero-order valence-corrected chi connectivity index (χ0v) is 11.9. The van der Waals surface area contributed by atoms with Gasteiger partial charge in [0.25, 0.3) is 0 Å². The summed E-state index contributed by atoms with van der Waals surface area (Å²) in [6.07, 6.45) is 0. The van der Waals surface area contributed by atoms with E-state index in [1.165, 1.54) is 0 Å². The fourth-order valence-electron chi connectivity index (χ4n) is 2.23.